The smallest absolute Gasteiger partial charge is 0.308 e. The summed E-state index contributed by atoms with van der Waals surface area (Å²) in [6, 6.07) is 5.11. The second-order valence-electron chi connectivity index (χ2n) is 7.00. The van der Waals surface area contributed by atoms with E-state index in [1.165, 1.54) is 20.8 Å². The molecule has 0 fully saturated rings. The molecule has 0 saturated heterocycles. The zero-order chi connectivity index (χ0) is 22.0. The molecule has 0 aromatic heterocycles. The molecule has 0 bridgehead atoms. The number of ether oxygens (including phenoxy) is 3. The average molecular weight is 405 g/mol. The van der Waals surface area contributed by atoms with Crippen molar-refractivity contribution in [2.75, 3.05) is 13.2 Å². The number of amides is 1. The van der Waals surface area contributed by atoms with Gasteiger partial charge in [0.05, 0.1) is 6.54 Å². The number of benzene rings is 1. The largest absolute Gasteiger partial charge is 0.489 e. The van der Waals surface area contributed by atoms with Crippen molar-refractivity contribution in [2.45, 2.75) is 59.6 Å². The van der Waals surface area contributed by atoms with E-state index in [0.29, 0.717) is 37.5 Å². The zero-order valence-corrected chi connectivity index (χ0v) is 17.9. The summed E-state index contributed by atoms with van der Waals surface area (Å²) in [5.74, 6) is 0.148. The minimum absolute atomic E-state index is 0.00987. The van der Waals surface area contributed by atoms with Crippen LogP contribution in [0.3, 0.4) is 0 Å². The molecule has 1 unspecified atom stereocenters. The molecule has 1 aromatic carbocycles. The van der Waals surface area contributed by atoms with Gasteiger partial charge in [0.25, 0.3) is 0 Å². The summed E-state index contributed by atoms with van der Waals surface area (Å²) < 4.78 is 16.3. The van der Waals surface area contributed by atoms with Gasteiger partial charge in [-0.1, -0.05) is 12.7 Å². The van der Waals surface area contributed by atoms with Gasteiger partial charge in [-0.2, -0.15) is 0 Å². The van der Waals surface area contributed by atoms with Crippen LogP contribution in [-0.2, 0) is 25.5 Å². The molecule has 0 N–H and O–H groups in total. The second-order valence-corrected chi connectivity index (χ2v) is 7.00. The summed E-state index contributed by atoms with van der Waals surface area (Å²) in [6.45, 7) is 12.3. The van der Waals surface area contributed by atoms with Gasteiger partial charge < -0.3 is 19.1 Å². The number of carbonyl (C=O) groups excluding carboxylic acids is 3. The van der Waals surface area contributed by atoms with Gasteiger partial charge >= 0.3 is 11.9 Å². The van der Waals surface area contributed by atoms with Gasteiger partial charge in [0, 0.05) is 26.8 Å². The summed E-state index contributed by atoms with van der Waals surface area (Å²) in [5.41, 5.74) is 0.807. The summed E-state index contributed by atoms with van der Waals surface area (Å²) in [5, 5.41) is 0. The van der Waals surface area contributed by atoms with E-state index in [1.54, 1.807) is 29.2 Å². The highest BCUT2D eigenvalue weighted by molar-refractivity contribution is 5.73. The fraction of sp³-hybridized carbons (Fsp3) is 0.500. The molecule has 7 heteroatoms. The first-order valence-electron chi connectivity index (χ1n) is 9.63. The molecule has 160 valence electrons. The van der Waals surface area contributed by atoms with Gasteiger partial charge in [-0.05, 0) is 50.5 Å². The van der Waals surface area contributed by atoms with Crippen LogP contribution >= 0.6 is 0 Å². The van der Waals surface area contributed by atoms with Crippen LogP contribution in [0, 0.1) is 0 Å². The van der Waals surface area contributed by atoms with E-state index in [0.717, 1.165) is 5.56 Å². The van der Waals surface area contributed by atoms with Gasteiger partial charge in [0.15, 0.2) is 0 Å². The summed E-state index contributed by atoms with van der Waals surface area (Å²) in [6.07, 6.45) is 2.15. The second kappa shape index (κ2) is 11.9. The third-order valence-corrected chi connectivity index (χ3v) is 4.15. The highest BCUT2D eigenvalue weighted by Crippen LogP contribution is 2.27. The summed E-state index contributed by atoms with van der Waals surface area (Å²) in [4.78, 5) is 36.4. The van der Waals surface area contributed by atoms with Crippen LogP contribution in [0.2, 0.25) is 0 Å². The third-order valence-electron chi connectivity index (χ3n) is 4.15. The maximum Gasteiger partial charge on any atom is 0.308 e. The van der Waals surface area contributed by atoms with E-state index in [-0.39, 0.29) is 11.9 Å². The van der Waals surface area contributed by atoms with Crippen LogP contribution in [0.15, 0.2) is 30.9 Å². The van der Waals surface area contributed by atoms with Gasteiger partial charge in [0.2, 0.25) is 5.91 Å². The van der Waals surface area contributed by atoms with E-state index in [2.05, 4.69) is 6.58 Å². The van der Waals surface area contributed by atoms with Crippen molar-refractivity contribution < 1.29 is 28.6 Å². The molecule has 1 atom stereocenters. The molecule has 29 heavy (non-hydrogen) atoms. The topological polar surface area (TPSA) is 82.1 Å². The Morgan fingerprint density at radius 1 is 1.14 bits per heavy atom. The predicted octanol–water partition coefficient (Wildman–Crippen LogP) is 3.30. The van der Waals surface area contributed by atoms with Crippen LogP contribution in [0.5, 0.6) is 11.5 Å². The number of rotatable bonds is 11. The number of hydrogen-bond donors (Lipinski definition) is 0. The van der Waals surface area contributed by atoms with Crippen LogP contribution in [-0.4, -0.2) is 48.0 Å². The highest BCUT2D eigenvalue weighted by atomic mass is 16.5. The minimum Gasteiger partial charge on any atom is -0.489 e. The SMILES string of the molecule is C=CCOc1ccc(OC(C)=O)cc1CCC(CN(C(C)=O)C(C)C)OC(C)=O. The monoisotopic (exact) mass is 405 g/mol. The average Bonchev–Trinajstić information content (AvgIpc) is 2.61. The molecule has 7 nitrogen and oxygen atoms in total. The lowest BCUT2D eigenvalue weighted by Crippen LogP contribution is -2.42. The van der Waals surface area contributed by atoms with Crippen LogP contribution in [0.25, 0.3) is 0 Å². The molecule has 0 saturated carbocycles. The Morgan fingerprint density at radius 3 is 2.34 bits per heavy atom. The van der Waals surface area contributed by atoms with Crippen LogP contribution in [0.1, 0.15) is 46.6 Å². The Bertz CT molecular complexity index is 728. The fourth-order valence-electron chi connectivity index (χ4n) is 2.93. The van der Waals surface area contributed by atoms with Crippen molar-refractivity contribution in [1.82, 2.24) is 4.90 Å². The van der Waals surface area contributed by atoms with Crippen molar-refractivity contribution in [3.8, 4) is 11.5 Å². The third kappa shape index (κ3) is 8.81. The van der Waals surface area contributed by atoms with Gasteiger partial charge in [0.1, 0.15) is 24.2 Å². The van der Waals surface area contributed by atoms with Gasteiger partial charge in [-0.3, -0.25) is 14.4 Å². The first kappa shape index (κ1) is 24.2. The summed E-state index contributed by atoms with van der Waals surface area (Å²) >= 11 is 0. The van der Waals surface area contributed by atoms with Crippen LogP contribution in [0.4, 0.5) is 0 Å². The fourth-order valence-corrected chi connectivity index (χ4v) is 2.93. The van der Waals surface area contributed by atoms with E-state index < -0.39 is 18.0 Å². The van der Waals surface area contributed by atoms with E-state index in [4.69, 9.17) is 14.2 Å². The van der Waals surface area contributed by atoms with Crippen molar-refractivity contribution >= 4 is 17.8 Å². The zero-order valence-electron chi connectivity index (χ0n) is 17.9. The molecule has 1 aromatic rings. The Labute approximate surface area is 172 Å². The minimum atomic E-state index is -0.469. The quantitative estimate of drug-likeness (QED) is 0.319. The standard InChI is InChI=1S/C22H31NO6/c1-7-12-27-22-11-10-20(28-17(5)25)13-19(22)8-9-21(29-18(6)26)14-23(15(2)3)16(4)24/h7,10-11,13,15,21H,1,8-9,12,14H2,2-6H3. The number of carbonyl (C=O) groups is 3. The van der Waals surface area contributed by atoms with Crippen molar-refractivity contribution in [1.29, 1.82) is 0 Å². The van der Waals surface area contributed by atoms with Gasteiger partial charge in [-0.25, -0.2) is 0 Å². The molecule has 0 spiro atoms. The van der Waals surface area contributed by atoms with Crippen molar-refractivity contribution in [2.24, 2.45) is 0 Å². The lowest BCUT2D eigenvalue weighted by Gasteiger charge is -2.29. The Balaban J connectivity index is 3.02. The molecular weight excluding hydrogens is 374 g/mol. The van der Waals surface area contributed by atoms with E-state index in [9.17, 15) is 14.4 Å². The van der Waals surface area contributed by atoms with Crippen molar-refractivity contribution in [3.05, 3.63) is 36.4 Å². The maximum atomic E-state index is 11.9. The van der Waals surface area contributed by atoms with Crippen molar-refractivity contribution in [3.63, 3.8) is 0 Å². The lowest BCUT2D eigenvalue weighted by molar-refractivity contribution is -0.150. The Hall–Kier alpha value is -2.83. The van der Waals surface area contributed by atoms with E-state index in [1.807, 2.05) is 13.8 Å². The normalized spacial score (nSPS) is 11.5. The molecule has 0 aliphatic carbocycles. The molecular formula is C22H31NO6. The number of hydrogen-bond acceptors (Lipinski definition) is 6. The number of aryl methyl sites for hydroxylation is 1. The maximum absolute atomic E-state index is 11.9. The van der Waals surface area contributed by atoms with Crippen LogP contribution < -0.4 is 9.47 Å². The Kier molecular flexibility index (Phi) is 9.92. The molecule has 0 heterocycles. The molecule has 1 amide bonds. The molecule has 0 radical (unpaired) electrons. The molecule has 1 rings (SSSR count). The first-order chi connectivity index (χ1) is 13.6. The Morgan fingerprint density at radius 2 is 1.83 bits per heavy atom. The van der Waals surface area contributed by atoms with Gasteiger partial charge in [-0.15, -0.1) is 0 Å². The number of esters is 2. The lowest BCUT2D eigenvalue weighted by atomic mass is 10.0. The predicted molar refractivity (Wildman–Crippen MR) is 110 cm³/mol. The number of nitrogens with zero attached hydrogens (tertiary/aromatic N) is 1. The summed E-state index contributed by atoms with van der Waals surface area (Å²) in [7, 11) is 0. The molecule has 0 aliphatic heterocycles. The van der Waals surface area contributed by atoms with E-state index >= 15 is 0 Å². The first-order valence-corrected chi connectivity index (χ1v) is 9.63. The molecule has 0 aliphatic rings. The highest BCUT2D eigenvalue weighted by Gasteiger charge is 2.22.